The van der Waals surface area contributed by atoms with Crippen LogP contribution < -0.4 is 4.74 Å². The van der Waals surface area contributed by atoms with E-state index in [-0.39, 0.29) is 27.7 Å². The zero-order valence-corrected chi connectivity index (χ0v) is 12.3. The van der Waals surface area contributed by atoms with Crippen LogP contribution in [0.4, 0.5) is 0 Å². The molecule has 0 saturated carbocycles. The van der Waals surface area contributed by atoms with Crippen molar-refractivity contribution >= 4 is 35.0 Å². The van der Waals surface area contributed by atoms with E-state index in [0.29, 0.717) is 5.02 Å². The summed E-state index contributed by atoms with van der Waals surface area (Å²) in [4.78, 5) is 23.8. The molecule has 0 spiro atoms. The fourth-order valence-corrected chi connectivity index (χ4v) is 2.21. The van der Waals surface area contributed by atoms with E-state index in [1.165, 1.54) is 18.2 Å². The van der Waals surface area contributed by atoms with Gasteiger partial charge in [0.15, 0.2) is 5.78 Å². The molecular weight excluding hydrogens is 311 g/mol. The van der Waals surface area contributed by atoms with Crippen LogP contribution in [0, 0.1) is 0 Å². The van der Waals surface area contributed by atoms with Gasteiger partial charge in [0.1, 0.15) is 5.75 Å². The Morgan fingerprint density at radius 2 is 1.76 bits per heavy atom. The zero-order valence-electron chi connectivity index (χ0n) is 10.8. The number of hydrogen-bond acceptors (Lipinski definition) is 3. The molecule has 0 aliphatic rings. The molecule has 5 heteroatoms. The van der Waals surface area contributed by atoms with Crippen molar-refractivity contribution in [1.29, 1.82) is 0 Å². The molecule has 0 aromatic heterocycles. The fourth-order valence-electron chi connectivity index (χ4n) is 1.71. The summed E-state index contributed by atoms with van der Waals surface area (Å²) in [5, 5.41) is 0.667. The summed E-state index contributed by atoms with van der Waals surface area (Å²) in [6.45, 7) is 3.32. The molecule has 0 unspecified atom stereocenters. The van der Waals surface area contributed by atoms with Gasteiger partial charge in [-0.15, -0.1) is 0 Å². The Balaban J connectivity index is 2.43. The van der Waals surface area contributed by atoms with Gasteiger partial charge in [-0.3, -0.25) is 4.79 Å². The Kier molecular flexibility index (Phi) is 4.78. The molecule has 3 nitrogen and oxygen atoms in total. The highest BCUT2D eigenvalue weighted by atomic mass is 35.5. The van der Waals surface area contributed by atoms with Gasteiger partial charge in [-0.05, 0) is 30.3 Å². The van der Waals surface area contributed by atoms with E-state index in [4.69, 9.17) is 27.9 Å². The van der Waals surface area contributed by atoms with Crippen LogP contribution >= 0.6 is 23.2 Å². The normalized spacial score (nSPS) is 10.0. The van der Waals surface area contributed by atoms with Crippen LogP contribution in [0.1, 0.15) is 15.9 Å². The van der Waals surface area contributed by atoms with Gasteiger partial charge in [0.25, 0.3) is 0 Å². The largest absolute Gasteiger partial charge is 0.423 e. The van der Waals surface area contributed by atoms with Crippen molar-refractivity contribution in [2.45, 2.75) is 0 Å². The van der Waals surface area contributed by atoms with E-state index in [2.05, 4.69) is 6.58 Å². The Bertz CT molecular complexity index is 723. The van der Waals surface area contributed by atoms with Gasteiger partial charge in [-0.1, -0.05) is 41.9 Å². The predicted molar refractivity (Wildman–Crippen MR) is 82.2 cm³/mol. The van der Waals surface area contributed by atoms with Crippen molar-refractivity contribution in [2.75, 3.05) is 0 Å². The Morgan fingerprint density at radius 3 is 2.43 bits per heavy atom. The second-order valence-corrected chi connectivity index (χ2v) is 4.92. The molecule has 0 N–H and O–H groups in total. The Hall–Kier alpha value is -2.10. The second kappa shape index (κ2) is 6.57. The van der Waals surface area contributed by atoms with Crippen molar-refractivity contribution in [3.8, 4) is 5.75 Å². The number of para-hydroxylation sites is 1. The minimum atomic E-state index is -0.641. The van der Waals surface area contributed by atoms with Crippen molar-refractivity contribution < 1.29 is 14.3 Å². The van der Waals surface area contributed by atoms with Crippen molar-refractivity contribution in [1.82, 2.24) is 0 Å². The lowest BCUT2D eigenvalue weighted by Crippen LogP contribution is -2.09. The molecule has 0 atom stereocenters. The summed E-state index contributed by atoms with van der Waals surface area (Å²) in [7, 11) is 0. The first-order chi connectivity index (χ1) is 10.0. The molecule has 0 fully saturated rings. The van der Waals surface area contributed by atoms with Crippen LogP contribution in [0.5, 0.6) is 5.75 Å². The maximum atomic E-state index is 12.5. The Labute approximate surface area is 131 Å². The van der Waals surface area contributed by atoms with Gasteiger partial charge in [0.2, 0.25) is 0 Å². The number of carbonyl (C=O) groups is 2. The molecule has 0 bridgehead atoms. The van der Waals surface area contributed by atoms with Gasteiger partial charge in [0.05, 0.1) is 10.6 Å². The van der Waals surface area contributed by atoms with Gasteiger partial charge in [0, 0.05) is 16.7 Å². The summed E-state index contributed by atoms with van der Waals surface area (Å²) >= 11 is 11.8. The summed E-state index contributed by atoms with van der Waals surface area (Å²) in [5.74, 6) is -0.847. The third kappa shape index (κ3) is 3.51. The van der Waals surface area contributed by atoms with Crippen LogP contribution in [0.15, 0.2) is 55.1 Å². The van der Waals surface area contributed by atoms with E-state index in [1.807, 2.05) is 0 Å². The molecule has 0 heterocycles. The van der Waals surface area contributed by atoms with E-state index in [9.17, 15) is 9.59 Å². The van der Waals surface area contributed by atoms with Gasteiger partial charge < -0.3 is 4.74 Å². The monoisotopic (exact) mass is 320 g/mol. The minimum Gasteiger partial charge on any atom is -0.423 e. The average Bonchev–Trinajstić information content (AvgIpc) is 2.47. The van der Waals surface area contributed by atoms with Gasteiger partial charge >= 0.3 is 5.97 Å². The number of esters is 1. The first kappa shape index (κ1) is 15.3. The lowest BCUT2D eigenvalue weighted by atomic mass is 10.0. The number of halogens is 2. The first-order valence-corrected chi connectivity index (χ1v) is 6.71. The van der Waals surface area contributed by atoms with Gasteiger partial charge in [-0.25, -0.2) is 4.79 Å². The maximum Gasteiger partial charge on any atom is 0.335 e. The van der Waals surface area contributed by atoms with Crippen LogP contribution in [-0.4, -0.2) is 11.8 Å². The molecule has 0 saturated heterocycles. The molecule has 0 aliphatic carbocycles. The summed E-state index contributed by atoms with van der Waals surface area (Å²) < 4.78 is 5.05. The molecule has 2 rings (SSSR count). The number of ketones is 1. The predicted octanol–water partition coefficient (Wildman–Crippen LogP) is 4.32. The minimum absolute atomic E-state index is 0.151. The topological polar surface area (TPSA) is 43.4 Å². The highest BCUT2D eigenvalue weighted by molar-refractivity contribution is 6.37. The maximum absolute atomic E-state index is 12.5. The van der Waals surface area contributed by atoms with E-state index >= 15 is 0 Å². The molecule has 2 aromatic rings. The molecule has 0 amide bonds. The molecular formula is C16H10Cl2O3. The fraction of sp³-hybridized carbons (Fsp3) is 0. The quantitative estimate of drug-likeness (QED) is 0.365. The zero-order chi connectivity index (χ0) is 15.4. The lowest BCUT2D eigenvalue weighted by Gasteiger charge is -2.09. The Morgan fingerprint density at radius 1 is 1.05 bits per heavy atom. The van der Waals surface area contributed by atoms with Crippen molar-refractivity contribution in [3.05, 3.63) is 76.3 Å². The van der Waals surface area contributed by atoms with Crippen LogP contribution in [0.3, 0.4) is 0 Å². The molecule has 106 valence electrons. The average molecular weight is 321 g/mol. The third-order valence-corrected chi connectivity index (χ3v) is 3.23. The standard InChI is InChI=1S/C16H10Cl2O3/c1-2-15(19)21-14-6-4-3-5-12(14)16(20)11-8-7-10(17)9-13(11)18/h2-9H,1H2. The van der Waals surface area contributed by atoms with Crippen molar-refractivity contribution in [2.24, 2.45) is 0 Å². The van der Waals surface area contributed by atoms with Crippen LogP contribution in [-0.2, 0) is 4.79 Å². The third-order valence-electron chi connectivity index (χ3n) is 2.68. The molecule has 0 aliphatic heterocycles. The first-order valence-electron chi connectivity index (χ1n) is 5.96. The van der Waals surface area contributed by atoms with Crippen LogP contribution in [0.25, 0.3) is 0 Å². The van der Waals surface area contributed by atoms with Crippen molar-refractivity contribution in [3.63, 3.8) is 0 Å². The SMILES string of the molecule is C=CC(=O)Oc1ccccc1C(=O)c1ccc(Cl)cc1Cl. The van der Waals surface area contributed by atoms with E-state index in [1.54, 1.807) is 24.3 Å². The number of carbonyl (C=O) groups excluding carboxylic acids is 2. The van der Waals surface area contributed by atoms with E-state index in [0.717, 1.165) is 6.08 Å². The summed E-state index contributed by atoms with van der Waals surface area (Å²) in [6, 6.07) is 11.0. The summed E-state index contributed by atoms with van der Waals surface area (Å²) in [5.41, 5.74) is 0.514. The lowest BCUT2D eigenvalue weighted by molar-refractivity contribution is -0.128. The molecule has 2 aromatic carbocycles. The second-order valence-electron chi connectivity index (χ2n) is 4.07. The smallest absolute Gasteiger partial charge is 0.335 e. The van der Waals surface area contributed by atoms with E-state index < -0.39 is 5.97 Å². The number of ether oxygens (including phenoxy) is 1. The number of hydrogen-bond donors (Lipinski definition) is 0. The highest BCUT2D eigenvalue weighted by Crippen LogP contribution is 2.27. The highest BCUT2D eigenvalue weighted by Gasteiger charge is 2.18. The molecule has 21 heavy (non-hydrogen) atoms. The summed E-state index contributed by atoms with van der Waals surface area (Å²) in [6.07, 6.45) is 1.02. The molecule has 0 radical (unpaired) electrons. The number of rotatable bonds is 4. The number of benzene rings is 2. The van der Waals surface area contributed by atoms with Crippen LogP contribution in [0.2, 0.25) is 10.0 Å². The van der Waals surface area contributed by atoms with Gasteiger partial charge in [-0.2, -0.15) is 0 Å².